The van der Waals surface area contributed by atoms with E-state index in [0.717, 1.165) is 0 Å². The number of aromatic nitrogens is 2. The standard InChI is InChI=1S/C62H38N2S/c1-4-23-46-39(14-1)17-10-28-53(46)57-58(54-29-11-18-40-15-2-5-24-47(40)54)62(55-30-12-19-41-16-3-6-25-48(41)55)65-61(57)45-21-9-20-44(38-45)49-34-35-52(51-27-8-7-26-50(49)51)56-36-33-43-32-31-42-22-13-37-63-59(42)60(43)64-56/h1-38H/i1D,2D,3D,4D,5D,6D,7D,8D,9D,10D,11D,12D,13D,14D,15D,16D,17D,18D,19D,20D,21D,22D,23D,24D,25D,26D,27D,28D,29D,30D,31D,32D,33D,34D,35D,36D,37D,38D. The van der Waals surface area contributed by atoms with Crippen molar-refractivity contribution in [3.8, 4) is 65.5 Å². The maximum absolute atomic E-state index is 10.6. The van der Waals surface area contributed by atoms with Crippen LogP contribution in [0, 0.1) is 0 Å². The summed E-state index contributed by atoms with van der Waals surface area (Å²) in [5.74, 6) is 0. The summed E-state index contributed by atoms with van der Waals surface area (Å²) in [4.78, 5) is 6.84. The quantitative estimate of drug-likeness (QED) is 0.156. The van der Waals surface area contributed by atoms with Gasteiger partial charge in [0.05, 0.1) is 68.8 Å². The van der Waals surface area contributed by atoms with Crippen molar-refractivity contribution in [1.82, 2.24) is 9.97 Å². The molecule has 10 aromatic carbocycles. The van der Waals surface area contributed by atoms with Crippen LogP contribution in [-0.4, -0.2) is 9.97 Å². The van der Waals surface area contributed by atoms with Crippen LogP contribution in [-0.2, 0) is 0 Å². The molecule has 0 radical (unpaired) electrons. The molecule has 0 unspecified atom stereocenters. The Morgan fingerprint density at radius 3 is 1.48 bits per heavy atom. The van der Waals surface area contributed by atoms with Crippen LogP contribution in [0.2, 0.25) is 0 Å². The molecule has 302 valence electrons. The van der Waals surface area contributed by atoms with Gasteiger partial charge in [-0.1, -0.05) is 205 Å². The number of benzene rings is 10. The molecule has 2 nitrogen and oxygen atoms in total. The summed E-state index contributed by atoms with van der Waals surface area (Å²) in [7, 11) is 0. The Bertz CT molecular complexity index is 6260. The van der Waals surface area contributed by atoms with Gasteiger partial charge in [0.25, 0.3) is 0 Å². The van der Waals surface area contributed by atoms with Gasteiger partial charge in [-0.05, 0) is 89.0 Å². The number of thiophene rings is 1. The number of hydrogen-bond acceptors (Lipinski definition) is 3. The average molecular weight is 881 g/mol. The van der Waals surface area contributed by atoms with Crippen molar-refractivity contribution in [3.63, 3.8) is 0 Å². The summed E-state index contributed by atoms with van der Waals surface area (Å²) in [6, 6.07) is -39.5. The topological polar surface area (TPSA) is 25.8 Å². The molecule has 0 bridgehead atoms. The van der Waals surface area contributed by atoms with E-state index in [2.05, 4.69) is 9.97 Å². The Hall–Kier alpha value is -8.24. The molecular weight excluding hydrogens is 805 g/mol. The van der Waals surface area contributed by atoms with Crippen LogP contribution in [0.4, 0.5) is 0 Å². The average Bonchev–Trinajstić information content (AvgIpc) is 1.64. The SMILES string of the molecule is [2H]c1nc2c(c([2H])c1[2H])c([2H])c([2H])c1c([2H])c([2H])c(-c3c([2H])c([2H])c(-c4c([2H])c([2H])c([2H])c(-c5sc(-c6c([2H])c([2H])c([2H])c7c([2H])c([2H])c([2H])c([2H])c67)c(-c6c([2H])c([2H])c([2H])c7c([2H])c([2H])c([2H])c([2H])c67)c5-c5c([2H])c([2H])c([2H])c6c([2H])c([2H])c([2H])c([2H])c56)c4[2H])c4c([2H])c([2H])c([2H])c([2H])c34)nc12. The Morgan fingerprint density at radius 1 is 0.323 bits per heavy atom. The fourth-order valence-corrected chi connectivity index (χ4v) is 8.84. The van der Waals surface area contributed by atoms with Crippen LogP contribution in [0.5, 0.6) is 0 Å². The largest absolute Gasteiger partial charge is 0.254 e. The van der Waals surface area contributed by atoms with Gasteiger partial charge in [0.2, 0.25) is 0 Å². The van der Waals surface area contributed by atoms with Crippen LogP contribution < -0.4 is 0 Å². The van der Waals surface area contributed by atoms with Crippen LogP contribution >= 0.6 is 11.3 Å². The van der Waals surface area contributed by atoms with Gasteiger partial charge in [0.1, 0.15) is 0 Å². The van der Waals surface area contributed by atoms with E-state index in [-0.39, 0.29) is 11.3 Å². The first kappa shape index (κ1) is 15.5. The third kappa shape index (κ3) is 6.16. The predicted octanol–water partition coefficient (Wildman–Crippen LogP) is 17.5. The minimum Gasteiger partial charge on any atom is -0.254 e. The highest BCUT2D eigenvalue weighted by atomic mass is 32.1. The molecule has 3 aromatic heterocycles. The molecule has 13 rings (SSSR count). The lowest BCUT2D eigenvalue weighted by Gasteiger charge is -2.16. The van der Waals surface area contributed by atoms with Crippen LogP contribution in [0.1, 0.15) is 52.1 Å². The zero-order chi connectivity index (χ0) is 75.9. The third-order valence-corrected chi connectivity index (χ3v) is 11.6. The Balaban J connectivity index is 1.32. The van der Waals surface area contributed by atoms with Gasteiger partial charge in [-0.15, -0.1) is 11.3 Å². The molecule has 0 N–H and O–H groups in total. The number of nitrogens with zero attached hydrogens (tertiary/aromatic N) is 2. The molecular formula is C62H38N2S. The zero-order valence-electron chi connectivity index (χ0n) is 70.3. The van der Waals surface area contributed by atoms with E-state index < -0.39 is 360 Å². The van der Waals surface area contributed by atoms with Crippen molar-refractivity contribution < 1.29 is 52.1 Å². The van der Waals surface area contributed by atoms with Crippen molar-refractivity contribution in [1.29, 1.82) is 0 Å². The van der Waals surface area contributed by atoms with E-state index in [9.17, 15) is 31.5 Å². The van der Waals surface area contributed by atoms with E-state index in [1.807, 2.05) is 0 Å². The van der Waals surface area contributed by atoms with Gasteiger partial charge in [-0.25, -0.2) is 4.98 Å². The van der Waals surface area contributed by atoms with Gasteiger partial charge < -0.3 is 0 Å². The highest BCUT2D eigenvalue weighted by Gasteiger charge is 2.27. The molecule has 0 spiro atoms. The molecule has 0 aliphatic heterocycles. The van der Waals surface area contributed by atoms with Gasteiger partial charge in [-0.3, -0.25) is 4.98 Å². The van der Waals surface area contributed by atoms with Crippen molar-refractivity contribution in [2.24, 2.45) is 0 Å². The van der Waals surface area contributed by atoms with Gasteiger partial charge in [0.15, 0.2) is 0 Å². The number of hydrogen-bond donors (Lipinski definition) is 0. The fraction of sp³-hybridized carbons (Fsp3) is 0. The second-order valence-corrected chi connectivity index (χ2v) is 14.9. The first-order valence-electron chi connectivity index (χ1n) is 38.1. The predicted molar refractivity (Wildman–Crippen MR) is 278 cm³/mol. The van der Waals surface area contributed by atoms with E-state index in [0.29, 0.717) is 0 Å². The second-order valence-electron chi connectivity index (χ2n) is 13.9. The highest BCUT2D eigenvalue weighted by Crippen LogP contribution is 2.55. The smallest absolute Gasteiger partial charge is 0.0972 e. The van der Waals surface area contributed by atoms with Crippen LogP contribution in [0.25, 0.3) is 130 Å². The molecule has 0 amide bonds. The molecule has 3 heteroatoms. The van der Waals surface area contributed by atoms with Crippen LogP contribution in [0.15, 0.2) is 230 Å². The molecule has 0 saturated carbocycles. The minimum atomic E-state index is -1.29. The van der Waals surface area contributed by atoms with Crippen molar-refractivity contribution in [2.75, 3.05) is 0 Å². The summed E-state index contributed by atoms with van der Waals surface area (Å²) in [6.45, 7) is 0. The van der Waals surface area contributed by atoms with E-state index in [1.165, 1.54) is 0 Å². The summed E-state index contributed by atoms with van der Waals surface area (Å²) >= 11 is 0.131. The zero-order valence-corrected chi connectivity index (χ0v) is 33.1. The second kappa shape index (κ2) is 15.2. The number of rotatable bonds is 6. The molecule has 0 saturated heterocycles. The van der Waals surface area contributed by atoms with Crippen molar-refractivity contribution >= 4 is 76.2 Å². The van der Waals surface area contributed by atoms with E-state index in [1.54, 1.807) is 0 Å². The summed E-state index contributed by atoms with van der Waals surface area (Å²) in [5.41, 5.74) is -10.7. The summed E-state index contributed by atoms with van der Waals surface area (Å²) < 4.78 is 353. The molecule has 0 aliphatic carbocycles. The van der Waals surface area contributed by atoms with Gasteiger partial charge in [-0.2, -0.15) is 0 Å². The van der Waals surface area contributed by atoms with Crippen molar-refractivity contribution in [2.45, 2.75) is 0 Å². The Kier molecular flexibility index (Phi) is 3.63. The Morgan fingerprint density at radius 2 is 0.800 bits per heavy atom. The molecule has 0 aliphatic rings. The number of fused-ring (bicyclic) bond motifs is 7. The monoisotopic (exact) mass is 881 g/mol. The van der Waals surface area contributed by atoms with Gasteiger partial charge in [0, 0.05) is 49.0 Å². The van der Waals surface area contributed by atoms with Gasteiger partial charge >= 0.3 is 0 Å². The van der Waals surface area contributed by atoms with E-state index in [4.69, 9.17) is 20.6 Å². The minimum absolute atomic E-state index is 0.131. The van der Waals surface area contributed by atoms with Crippen molar-refractivity contribution in [3.05, 3.63) is 230 Å². The first-order valence-corrected chi connectivity index (χ1v) is 19.9. The molecule has 65 heavy (non-hydrogen) atoms. The lowest BCUT2D eigenvalue weighted by Crippen LogP contribution is -1.91. The fourth-order valence-electron chi connectivity index (χ4n) is 7.56. The number of pyridine rings is 2. The Labute approximate surface area is 433 Å². The summed E-state index contributed by atoms with van der Waals surface area (Å²) in [5, 5.41) is -7.85. The molecule has 0 atom stereocenters. The maximum atomic E-state index is 10.6. The molecule has 13 aromatic rings. The normalized spacial score (nSPS) is 19.9. The lowest BCUT2D eigenvalue weighted by atomic mass is 9.86. The maximum Gasteiger partial charge on any atom is 0.0972 e. The lowest BCUT2D eigenvalue weighted by molar-refractivity contribution is 1.37. The molecule has 0 fully saturated rings. The molecule has 3 heterocycles. The third-order valence-electron chi connectivity index (χ3n) is 10.4. The summed E-state index contributed by atoms with van der Waals surface area (Å²) in [6.07, 6.45) is -0.843. The van der Waals surface area contributed by atoms with E-state index >= 15 is 0 Å². The first-order chi connectivity index (χ1) is 48.1. The van der Waals surface area contributed by atoms with Crippen LogP contribution in [0.3, 0.4) is 0 Å². The highest BCUT2D eigenvalue weighted by molar-refractivity contribution is 7.20.